The van der Waals surface area contributed by atoms with Crippen LogP contribution in [0.5, 0.6) is 0 Å². The Bertz CT molecular complexity index is 1100. The number of carbonyl (C=O) groups excluding carboxylic acids is 2. The van der Waals surface area contributed by atoms with Gasteiger partial charge in [-0.2, -0.15) is 0 Å². The van der Waals surface area contributed by atoms with E-state index < -0.39 is 29.7 Å². The van der Waals surface area contributed by atoms with Crippen LogP contribution in [0.15, 0.2) is 48.5 Å². The summed E-state index contributed by atoms with van der Waals surface area (Å²) < 4.78 is 26.7. The van der Waals surface area contributed by atoms with E-state index in [1.54, 1.807) is 12.1 Å². The van der Waals surface area contributed by atoms with Crippen molar-refractivity contribution in [2.24, 2.45) is 5.41 Å². The number of amides is 2. The van der Waals surface area contributed by atoms with E-state index in [9.17, 15) is 18.4 Å². The van der Waals surface area contributed by atoms with Crippen molar-refractivity contribution in [2.75, 3.05) is 19.0 Å². The molecule has 2 amide bonds. The molecule has 3 N–H and O–H groups in total. The molecule has 172 valence electrons. The van der Waals surface area contributed by atoms with Crippen molar-refractivity contribution in [2.45, 2.75) is 26.3 Å². The van der Waals surface area contributed by atoms with E-state index in [1.165, 1.54) is 17.6 Å². The molecule has 0 aliphatic carbocycles. The first kappa shape index (κ1) is 25.4. The van der Waals surface area contributed by atoms with Gasteiger partial charge in [0.25, 0.3) is 11.8 Å². The molecule has 0 aliphatic heterocycles. The van der Waals surface area contributed by atoms with Crippen LogP contribution in [0.25, 0.3) is 0 Å². The number of rotatable bonds is 6. The van der Waals surface area contributed by atoms with Gasteiger partial charge in [0.05, 0.1) is 5.41 Å². The lowest BCUT2D eigenvalue weighted by Gasteiger charge is -2.32. The number of nitrogens with zero attached hydrogens (tertiary/aromatic N) is 1. The number of anilines is 1. The number of hydrogen-bond donors (Lipinski definition) is 3. The first-order chi connectivity index (χ1) is 15.6. The van der Waals surface area contributed by atoms with E-state index in [2.05, 4.69) is 29.0 Å². The third-order valence-electron chi connectivity index (χ3n) is 4.96. The zero-order valence-corrected chi connectivity index (χ0v) is 18.7. The van der Waals surface area contributed by atoms with E-state index >= 15 is 0 Å². The molecule has 0 unspecified atom stereocenters. The molecule has 8 heteroatoms. The summed E-state index contributed by atoms with van der Waals surface area (Å²) >= 11 is 0. The number of halogens is 2. The van der Waals surface area contributed by atoms with Gasteiger partial charge in [-0.15, -0.1) is 0 Å². The third-order valence-corrected chi connectivity index (χ3v) is 4.96. The van der Waals surface area contributed by atoms with Crippen molar-refractivity contribution < 1.29 is 23.6 Å². The maximum atomic E-state index is 13.3. The molecule has 2 aromatic rings. The van der Waals surface area contributed by atoms with Gasteiger partial charge in [0.1, 0.15) is 6.04 Å². The molecular formula is C25H25F2N3O3. The zero-order chi connectivity index (χ0) is 24.6. The summed E-state index contributed by atoms with van der Waals surface area (Å²) in [6.07, 6.45) is -2.91. The average molecular weight is 453 g/mol. The van der Waals surface area contributed by atoms with Crippen LogP contribution in [0.4, 0.5) is 14.5 Å². The second-order valence-electron chi connectivity index (χ2n) is 8.02. The lowest BCUT2D eigenvalue weighted by molar-refractivity contribution is -0.137. The Morgan fingerprint density at radius 2 is 1.42 bits per heavy atom. The quantitative estimate of drug-likeness (QED) is 0.357. The first-order valence-electron chi connectivity index (χ1n) is 9.98. The van der Waals surface area contributed by atoms with Crippen molar-refractivity contribution in [1.82, 2.24) is 10.8 Å². The summed E-state index contributed by atoms with van der Waals surface area (Å²) in [5.74, 6) is 9.43. The summed E-state index contributed by atoms with van der Waals surface area (Å²) in [5.41, 5.74) is 2.06. The van der Waals surface area contributed by atoms with Gasteiger partial charge in [-0.3, -0.25) is 14.8 Å². The number of benzene rings is 2. The van der Waals surface area contributed by atoms with Crippen molar-refractivity contribution in [3.05, 3.63) is 65.2 Å². The van der Waals surface area contributed by atoms with Crippen LogP contribution in [0, 0.1) is 29.1 Å². The van der Waals surface area contributed by atoms with Crippen LogP contribution in [-0.2, 0) is 4.79 Å². The maximum Gasteiger partial charge on any atom is 0.266 e. The Morgan fingerprint density at radius 1 is 0.939 bits per heavy atom. The maximum absolute atomic E-state index is 13.3. The Morgan fingerprint density at radius 3 is 1.85 bits per heavy atom. The smallest absolute Gasteiger partial charge is 0.266 e. The number of alkyl halides is 2. The summed E-state index contributed by atoms with van der Waals surface area (Å²) in [5, 5.41) is 11.1. The molecule has 0 saturated carbocycles. The molecule has 0 aliphatic rings. The van der Waals surface area contributed by atoms with Crippen molar-refractivity contribution >= 4 is 17.5 Å². The van der Waals surface area contributed by atoms with Crippen LogP contribution >= 0.6 is 0 Å². The minimum absolute atomic E-state index is 0.147. The van der Waals surface area contributed by atoms with Gasteiger partial charge in [-0.05, 0) is 60.4 Å². The highest BCUT2D eigenvalue weighted by molar-refractivity contribution is 5.97. The number of hydroxylamine groups is 1. The van der Waals surface area contributed by atoms with Crippen LogP contribution in [0.1, 0.15) is 35.3 Å². The number of carbonyl (C=O) groups is 2. The van der Waals surface area contributed by atoms with Gasteiger partial charge in [0.15, 0.2) is 0 Å². The third kappa shape index (κ3) is 6.80. The van der Waals surface area contributed by atoms with Gasteiger partial charge in [-0.1, -0.05) is 25.7 Å². The van der Waals surface area contributed by atoms with E-state index in [1.807, 2.05) is 43.3 Å². The fourth-order valence-corrected chi connectivity index (χ4v) is 2.75. The van der Waals surface area contributed by atoms with E-state index in [-0.39, 0.29) is 5.56 Å². The minimum Gasteiger partial charge on any atom is -0.378 e. The molecule has 1 atom stereocenters. The SMILES string of the molecule is CN(C)c1ccc(C#CC#Cc2ccc(C(=O)N[C@H](C(=O)NO)C(C)(C)C(F)F)cc2)cc1. The van der Waals surface area contributed by atoms with Crippen molar-refractivity contribution in [1.29, 1.82) is 0 Å². The van der Waals surface area contributed by atoms with Crippen LogP contribution in [0.3, 0.4) is 0 Å². The summed E-state index contributed by atoms with van der Waals surface area (Å²) in [4.78, 5) is 26.3. The standard InChI is InChI=1S/C25H25F2N3O3/c1-25(2,24(26)27)21(23(32)29-33)28-22(31)19-13-9-17(10-14-19)7-5-6-8-18-11-15-20(16-12-18)30(3)4/h9-16,21,24,33H,1-4H3,(H,28,31)(H,29,32)/t21-/m1/s1. The topological polar surface area (TPSA) is 81.7 Å². The number of hydrogen-bond acceptors (Lipinski definition) is 4. The highest BCUT2D eigenvalue weighted by Crippen LogP contribution is 2.29. The molecule has 0 fully saturated rings. The normalized spacial score (nSPS) is 11.4. The molecule has 0 heterocycles. The fraction of sp³-hybridized carbons (Fsp3) is 0.280. The summed E-state index contributed by atoms with van der Waals surface area (Å²) in [6, 6.07) is 12.1. The van der Waals surface area contributed by atoms with Crippen LogP contribution < -0.4 is 15.7 Å². The highest BCUT2D eigenvalue weighted by atomic mass is 19.3. The first-order valence-corrected chi connectivity index (χ1v) is 9.98. The molecule has 0 bridgehead atoms. The van der Waals surface area contributed by atoms with Gasteiger partial charge in [0, 0.05) is 36.5 Å². The largest absolute Gasteiger partial charge is 0.378 e. The van der Waals surface area contributed by atoms with Crippen LogP contribution in [-0.4, -0.2) is 43.6 Å². The molecular weight excluding hydrogens is 428 g/mol. The molecule has 6 nitrogen and oxygen atoms in total. The Hall–Kier alpha value is -3.88. The lowest BCUT2D eigenvalue weighted by Crippen LogP contribution is -2.56. The minimum atomic E-state index is -2.91. The monoisotopic (exact) mass is 453 g/mol. The zero-order valence-electron chi connectivity index (χ0n) is 18.7. The van der Waals surface area contributed by atoms with E-state index in [4.69, 9.17) is 5.21 Å². The predicted molar refractivity (Wildman–Crippen MR) is 122 cm³/mol. The Balaban J connectivity index is 2.08. The second kappa shape index (κ2) is 11.1. The van der Waals surface area contributed by atoms with Gasteiger partial charge in [-0.25, -0.2) is 14.3 Å². The molecule has 0 radical (unpaired) electrons. The molecule has 2 aromatic carbocycles. The van der Waals surface area contributed by atoms with Crippen LogP contribution in [0.2, 0.25) is 0 Å². The molecule has 0 saturated heterocycles. The number of nitrogens with one attached hydrogen (secondary N) is 2. The predicted octanol–water partition coefficient (Wildman–Crippen LogP) is 3.05. The van der Waals surface area contributed by atoms with E-state index in [0.29, 0.717) is 5.56 Å². The molecule has 2 rings (SSSR count). The van der Waals surface area contributed by atoms with Gasteiger partial charge in [0.2, 0.25) is 6.43 Å². The van der Waals surface area contributed by atoms with Gasteiger partial charge < -0.3 is 10.2 Å². The fourth-order valence-electron chi connectivity index (χ4n) is 2.75. The molecule has 33 heavy (non-hydrogen) atoms. The summed E-state index contributed by atoms with van der Waals surface area (Å²) in [7, 11) is 3.91. The molecule has 0 spiro atoms. The van der Waals surface area contributed by atoms with Gasteiger partial charge >= 0.3 is 0 Å². The van der Waals surface area contributed by atoms with E-state index in [0.717, 1.165) is 25.1 Å². The highest BCUT2D eigenvalue weighted by Gasteiger charge is 2.43. The van der Waals surface area contributed by atoms with Crippen molar-refractivity contribution in [3.8, 4) is 23.7 Å². The average Bonchev–Trinajstić information content (AvgIpc) is 2.80. The molecule has 0 aromatic heterocycles. The Kier molecular flexibility index (Phi) is 8.56. The second-order valence-corrected chi connectivity index (χ2v) is 8.02. The summed E-state index contributed by atoms with van der Waals surface area (Å²) in [6.45, 7) is 2.24. The van der Waals surface area contributed by atoms with Crippen molar-refractivity contribution in [3.63, 3.8) is 0 Å². The lowest BCUT2D eigenvalue weighted by atomic mass is 9.84. The Labute approximate surface area is 191 Å².